The lowest BCUT2D eigenvalue weighted by Gasteiger charge is -2.03. The minimum absolute atomic E-state index is 0.178. The molecule has 0 atom stereocenters. The Labute approximate surface area is 100 Å². The Kier molecular flexibility index (Phi) is 4.84. The van der Waals surface area contributed by atoms with Gasteiger partial charge in [-0.1, -0.05) is 0 Å². The first-order chi connectivity index (χ1) is 7.59. The molecule has 2 amide bonds. The summed E-state index contributed by atoms with van der Waals surface area (Å²) in [5.41, 5.74) is 4.76. The second-order valence-electron chi connectivity index (χ2n) is 2.88. The van der Waals surface area contributed by atoms with Crippen molar-refractivity contribution in [1.29, 1.82) is 0 Å². The van der Waals surface area contributed by atoms with Crippen molar-refractivity contribution in [2.45, 2.75) is 6.42 Å². The lowest BCUT2D eigenvalue weighted by molar-refractivity contribution is 0.0921. The maximum atomic E-state index is 11.4. The van der Waals surface area contributed by atoms with Gasteiger partial charge < -0.3 is 20.2 Å². The predicted molar refractivity (Wildman–Crippen MR) is 58.9 cm³/mol. The Hall–Kier alpha value is -1.50. The van der Waals surface area contributed by atoms with E-state index < -0.39 is 6.09 Å². The van der Waals surface area contributed by atoms with Crippen molar-refractivity contribution in [2.75, 3.05) is 13.2 Å². The van der Waals surface area contributed by atoms with Gasteiger partial charge in [0.1, 0.15) is 0 Å². The van der Waals surface area contributed by atoms with Crippen LogP contribution in [0.15, 0.2) is 21.2 Å². The van der Waals surface area contributed by atoms with Crippen LogP contribution in [0.3, 0.4) is 0 Å². The molecule has 0 aliphatic carbocycles. The lowest BCUT2D eigenvalue weighted by Crippen LogP contribution is -2.25. The molecule has 0 radical (unpaired) electrons. The van der Waals surface area contributed by atoms with Gasteiger partial charge in [0, 0.05) is 6.54 Å². The first-order valence-electron chi connectivity index (χ1n) is 4.55. The number of carbonyl (C=O) groups is 2. The van der Waals surface area contributed by atoms with E-state index >= 15 is 0 Å². The van der Waals surface area contributed by atoms with Crippen LogP contribution in [-0.4, -0.2) is 25.2 Å². The minimum Gasteiger partial charge on any atom is -0.450 e. The molecule has 0 bridgehead atoms. The van der Waals surface area contributed by atoms with Gasteiger partial charge in [-0.2, -0.15) is 0 Å². The summed E-state index contributed by atoms with van der Waals surface area (Å²) in [5, 5.41) is 2.60. The number of nitrogens with one attached hydrogen (secondary N) is 1. The predicted octanol–water partition coefficient (Wildman–Crippen LogP) is 1.26. The molecule has 88 valence electrons. The fraction of sp³-hybridized carbons (Fsp3) is 0.333. The van der Waals surface area contributed by atoms with Gasteiger partial charge in [0.25, 0.3) is 5.91 Å². The molecule has 0 saturated heterocycles. The summed E-state index contributed by atoms with van der Waals surface area (Å²) in [6.45, 7) is 0.557. The van der Waals surface area contributed by atoms with Gasteiger partial charge in [0.2, 0.25) is 0 Å². The van der Waals surface area contributed by atoms with E-state index in [0.717, 1.165) is 0 Å². The molecule has 7 heteroatoms. The molecule has 0 aliphatic heterocycles. The van der Waals surface area contributed by atoms with Crippen molar-refractivity contribution >= 4 is 27.9 Å². The van der Waals surface area contributed by atoms with Crippen molar-refractivity contribution in [3.63, 3.8) is 0 Å². The Balaban J connectivity index is 2.18. The Morgan fingerprint density at radius 3 is 2.81 bits per heavy atom. The third-order valence-electron chi connectivity index (χ3n) is 1.65. The Morgan fingerprint density at radius 2 is 2.25 bits per heavy atom. The van der Waals surface area contributed by atoms with Crippen LogP contribution in [0.5, 0.6) is 0 Å². The average Bonchev–Trinajstić information content (AvgIpc) is 2.63. The highest BCUT2D eigenvalue weighted by molar-refractivity contribution is 9.10. The summed E-state index contributed by atoms with van der Waals surface area (Å²) >= 11 is 3.09. The molecular formula is C9H11BrN2O4. The number of rotatable bonds is 5. The van der Waals surface area contributed by atoms with E-state index in [1.165, 1.54) is 0 Å². The van der Waals surface area contributed by atoms with Crippen LogP contribution in [0.4, 0.5) is 4.79 Å². The molecule has 3 N–H and O–H groups in total. The zero-order chi connectivity index (χ0) is 12.0. The van der Waals surface area contributed by atoms with Crippen molar-refractivity contribution in [3.8, 4) is 0 Å². The largest absolute Gasteiger partial charge is 0.450 e. The van der Waals surface area contributed by atoms with E-state index in [9.17, 15) is 9.59 Å². The second-order valence-corrected chi connectivity index (χ2v) is 3.66. The zero-order valence-electron chi connectivity index (χ0n) is 8.36. The first kappa shape index (κ1) is 12.6. The molecule has 0 spiro atoms. The molecule has 0 unspecified atom stereocenters. The van der Waals surface area contributed by atoms with Crippen molar-refractivity contribution in [1.82, 2.24) is 5.32 Å². The van der Waals surface area contributed by atoms with Crippen LogP contribution in [-0.2, 0) is 4.74 Å². The zero-order valence-corrected chi connectivity index (χ0v) is 9.95. The van der Waals surface area contributed by atoms with Crippen LogP contribution in [0.25, 0.3) is 0 Å². The molecule has 0 fully saturated rings. The quantitative estimate of drug-likeness (QED) is 0.798. The molecule has 0 saturated carbocycles. The highest BCUT2D eigenvalue weighted by atomic mass is 79.9. The van der Waals surface area contributed by atoms with Crippen LogP contribution in [0, 0.1) is 0 Å². The molecule has 6 nitrogen and oxygen atoms in total. The van der Waals surface area contributed by atoms with E-state index in [1.807, 2.05) is 0 Å². The number of halogens is 1. The maximum absolute atomic E-state index is 11.4. The summed E-state index contributed by atoms with van der Waals surface area (Å²) < 4.78 is 10.0. The minimum atomic E-state index is -0.818. The molecule has 1 aromatic rings. The molecule has 1 aromatic heterocycles. The SMILES string of the molecule is NC(=O)OCCCNC(=O)c1ccc(Br)o1. The van der Waals surface area contributed by atoms with Gasteiger partial charge in [0.15, 0.2) is 10.4 Å². The number of hydrogen-bond acceptors (Lipinski definition) is 4. The van der Waals surface area contributed by atoms with Crippen molar-refractivity contribution < 1.29 is 18.7 Å². The summed E-state index contributed by atoms with van der Waals surface area (Å²) in [5.74, 6) is -0.0903. The third-order valence-corrected chi connectivity index (χ3v) is 2.07. The number of primary amides is 1. The van der Waals surface area contributed by atoms with Crippen LogP contribution in [0.1, 0.15) is 17.0 Å². The van der Waals surface area contributed by atoms with Crippen LogP contribution < -0.4 is 11.1 Å². The van der Waals surface area contributed by atoms with Gasteiger partial charge in [-0.25, -0.2) is 4.79 Å². The molecular weight excluding hydrogens is 280 g/mol. The monoisotopic (exact) mass is 290 g/mol. The van der Waals surface area contributed by atoms with Crippen molar-refractivity contribution in [3.05, 3.63) is 22.6 Å². The fourth-order valence-electron chi connectivity index (χ4n) is 0.970. The van der Waals surface area contributed by atoms with Crippen LogP contribution >= 0.6 is 15.9 Å². The van der Waals surface area contributed by atoms with Gasteiger partial charge >= 0.3 is 6.09 Å². The van der Waals surface area contributed by atoms with Crippen molar-refractivity contribution in [2.24, 2.45) is 5.73 Å². The number of amides is 2. The van der Waals surface area contributed by atoms with E-state index in [0.29, 0.717) is 17.6 Å². The summed E-state index contributed by atoms with van der Waals surface area (Å²) in [6.07, 6.45) is -0.322. The third kappa shape index (κ3) is 4.35. The Morgan fingerprint density at radius 1 is 1.50 bits per heavy atom. The maximum Gasteiger partial charge on any atom is 0.404 e. The smallest absolute Gasteiger partial charge is 0.404 e. The highest BCUT2D eigenvalue weighted by Crippen LogP contribution is 2.13. The standard InChI is InChI=1S/C9H11BrN2O4/c10-7-3-2-6(16-7)8(13)12-4-1-5-15-9(11)14/h2-3H,1,4-5H2,(H2,11,14)(H,12,13). The fourth-order valence-corrected chi connectivity index (χ4v) is 1.28. The van der Waals surface area contributed by atoms with Gasteiger partial charge in [0.05, 0.1) is 6.61 Å². The number of nitrogens with two attached hydrogens (primary N) is 1. The summed E-state index contributed by atoms with van der Waals surface area (Å²) in [4.78, 5) is 21.6. The second kappa shape index (κ2) is 6.16. The van der Waals surface area contributed by atoms with E-state index in [-0.39, 0.29) is 18.3 Å². The molecule has 1 heterocycles. The normalized spacial score (nSPS) is 9.81. The molecule has 1 rings (SSSR count). The van der Waals surface area contributed by atoms with Gasteiger partial charge in [-0.05, 0) is 34.5 Å². The molecule has 0 aromatic carbocycles. The topological polar surface area (TPSA) is 94.6 Å². The van der Waals surface area contributed by atoms with Gasteiger partial charge in [-0.15, -0.1) is 0 Å². The van der Waals surface area contributed by atoms with E-state index in [1.54, 1.807) is 12.1 Å². The number of furan rings is 1. The number of carbonyl (C=O) groups excluding carboxylic acids is 2. The highest BCUT2D eigenvalue weighted by Gasteiger charge is 2.08. The first-order valence-corrected chi connectivity index (χ1v) is 5.34. The lowest BCUT2D eigenvalue weighted by atomic mass is 10.4. The summed E-state index contributed by atoms with van der Waals surface area (Å²) in [7, 11) is 0. The van der Waals surface area contributed by atoms with Gasteiger partial charge in [-0.3, -0.25) is 4.79 Å². The Bertz CT molecular complexity index is 377. The van der Waals surface area contributed by atoms with Crippen LogP contribution in [0.2, 0.25) is 0 Å². The molecule has 0 aliphatic rings. The molecule has 16 heavy (non-hydrogen) atoms. The number of hydrogen-bond donors (Lipinski definition) is 2. The number of ether oxygens (including phenoxy) is 1. The van der Waals surface area contributed by atoms with E-state index in [2.05, 4.69) is 26.0 Å². The summed E-state index contributed by atoms with van der Waals surface area (Å²) in [6, 6.07) is 3.18. The van der Waals surface area contributed by atoms with E-state index in [4.69, 9.17) is 10.2 Å². The average molecular weight is 291 g/mol.